The summed E-state index contributed by atoms with van der Waals surface area (Å²) in [6, 6.07) is 0. The van der Waals surface area contributed by atoms with Crippen LogP contribution in [0.3, 0.4) is 0 Å². The Hall–Kier alpha value is -1.00. The zero-order valence-electron chi connectivity index (χ0n) is 7.25. The highest BCUT2D eigenvalue weighted by molar-refractivity contribution is 6.65. The first-order valence-corrected chi connectivity index (χ1v) is 3.98. The van der Waals surface area contributed by atoms with E-state index in [1.807, 2.05) is 0 Å². The van der Waals surface area contributed by atoms with Crippen molar-refractivity contribution in [2.75, 3.05) is 0 Å². The van der Waals surface area contributed by atoms with Crippen molar-refractivity contribution < 1.29 is 26.8 Å². The smallest absolute Gasteiger partial charge is 0.290 e. The second-order valence-electron chi connectivity index (χ2n) is 2.44. The topological polar surface area (TPSA) is 63.2 Å². The van der Waals surface area contributed by atoms with Crippen molar-refractivity contribution in [3.63, 3.8) is 0 Å². The number of rotatable bonds is 2. The summed E-state index contributed by atoms with van der Waals surface area (Å²) in [5.41, 5.74) is 5.02. The predicted octanol–water partition coefficient (Wildman–Crippen LogP) is 1.25. The number of alkyl halides is 5. The van der Waals surface area contributed by atoms with E-state index < -0.39 is 30.2 Å². The van der Waals surface area contributed by atoms with Crippen molar-refractivity contribution in [1.29, 1.82) is 0 Å². The van der Waals surface area contributed by atoms with E-state index in [-0.39, 0.29) is 5.06 Å². The SMILES string of the molecule is NC1N=C(Cl)N=C(C(F)(F)F)N1OC(F)F. The molecule has 0 fully saturated rings. The van der Waals surface area contributed by atoms with Crippen LogP contribution in [0.5, 0.6) is 0 Å². The fourth-order valence-electron chi connectivity index (χ4n) is 0.839. The number of aliphatic imine (C=N–C) groups is 2. The van der Waals surface area contributed by atoms with Crippen molar-refractivity contribution in [1.82, 2.24) is 5.06 Å². The molecule has 1 rings (SSSR count). The highest BCUT2D eigenvalue weighted by Gasteiger charge is 2.45. The first kappa shape index (κ1) is 13.1. The van der Waals surface area contributed by atoms with Crippen LogP contribution in [0.2, 0.25) is 0 Å². The highest BCUT2D eigenvalue weighted by atomic mass is 35.5. The summed E-state index contributed by atoms with van der Waals surface area (Å²) in [6.07, 6.45) is -6.88. The first-order valence-electron chi connectivity index (χ1n) is 3.60. The molecule has 0 spiro atoms. The van der Waals surface area contributed by atoms with Crippen LogP contribution in [0.1, 0.15) is 0 Å². The Morgan fingerprint density at radius 2 is 2.00 bits per heavy atom. The van der Waals surface area contributed by atoms with Gasteiger partial charge in [-0.3, -0.25) is 5.73 Å². The fraction of sp³-hybridized carbons (Fsp3) is 0.600. The van der Waals surface area contributed by atoms with E-state index in [1.165, 1.54) is 0 Å². The zero-order valence-corrected chi connectivity index (χ0v) is 8.01. The fourth-order valence-corrected chi connectivity index (χ4v) is 1.02. The molecule has 92 valence electrons. The van der Waals surface area contributed by atoms with Gasteiger partial charge in [-0.2, -0.15) is 36.8 Å². The summed E-state index contributed by atoms with van der Waals surface area (Å²) in [7, 11) is 0. The van der Waals surface area contributed by atoms with E-state index in [9.17, 15) is 22.0 Å². The van der Waals surface area contributed by atoms with Gasteiger partial charge in [0.2, 0.25) is 17.4 Å². The normalized spacial score (nSPS) is 22.2. The Labute approximate surface area is 90.3 Å². The molecule has 0 saturated heterocycles. The second-order valence-corrected chi connectivity index (χ2v) is 2.77. The minimum Gasteiger partial charge on any atom is -0.290 e. The number of hydroxylamine groups is 2. The molecule has 0 bridgehead atoms. The van der Waals surface area contributed by atoms with Gasteiger partial charge in [0.1, 0.15) is 0 Å². The average molecular weight is 267 g/mol. The van der Waals surface area contributed by atoms with Crippen molar-refractivity contribution in [2.45, 2.75) is 19.1 Å². The Bertz CT molecular complexity index is 329. The molecule has 5 nitrogen and oxygen atoms in total. The molecule has 0 aromatic heterocycles. The molecule has 0 aliphatic carbocycles. The van der Waals surface area contributed by atoms with Gasteiger partial charge in [-0.15, -0.1) is 0 Å². The van der Waals surface area contributed by atoms with Crippen LogP contribution in [-0.4, -0.2) is 35.3 Å². The third-order valence-electron chi connectivity index (χ3n) is 1.33. The van der Waals surface area contributed by atoms with Gasteiger partial charge in [-0.25, -0.2) is 4.99 Å². The third kappa shape index (κ3) is 3.00. The number of hydrogen-bond donors (Lipinski definition) is 1. The summed E-state index contributed by atoms with van der Waals surface area (Å²) in [5, 5.41) is -1.15. The summed E-state index contributed by atoms with van der Waals surface area (Å²) in [6.45, 7) is -3.49. The Balaban J connectivity index is 3.01. The summed E-state index contributed by atoms with van der Waals surface area (Å²) < 4.78 is 60.6. The van der Waals surface area contributed by atoms with Gasteiger partial charge in [0.15, 0.2) is 0 Å². The lowest BCUT2D eigenvalue weighted by Crippen LogP contribution is -2.53. The van der Waals surface area contributed by atoms with Crippen LogP contribution >= 0.6 is 11.6 Å². The minimum atomic E-state index is -5.04. The maximum atomic E-state index is 12.3. The first-order chi connectivity index (χ1) is 7.21. The number of nitrogens with two attached hydrogens (primary N) is 1. The molecule has 2 N–H and O–H groups in total. The lowest BCUT2D eigenvalue weighted by Gasteiger charge is -2.30. The van der Waals surface area contributed by atoms with E-state index in [0.717, 1.165) is 0 Å². The molecule has 11 heteroatoms. The van der Waals surface area contributed by atoms with Crippen LogP contribution in [0.15, 0.2) is 9.98 Å². The van der Waals surface area contributed by atoms with E-state index >= 15 is 0 Å². The molecular formula is C5H4ClF5N4O. The molecule has 1 unspecified atom stereocenters. The molecule has 0 radical (unpaired) electrons. The molecule has 1 atom stereocenters. The van der Waals surface area contributed by atoms with Gasteiger partial charge in [-0.05, 0) is 11.6 Å². The van der Waals surface area contributed by atoms with Crippen molar-refractivity contribution >= 4 is 22.7 Å². The Morgan fingerprint density at radius 1 is 1.44 bits per heavy atom. The van der Waals surface area contributed by atoms with E-state index in [2.05, 4.69) is 14.8 Å². The van der Waals surface area contributed by atoms with Gasteiger partial charge in [0, 0.05) is 0 Å². The van der Waals surface area contributed by atoms with Crippen LogP contribution in [0, 0.1) is 0 Å². The molecule has 0 saturated carbocycles. The van der Waals surface area contributed by atoms with Crippen molar-refractivity contribution in [3.05, 3.63) is 0 Å². The van der Waals surface area contributed by atoms with E-state index in [1.54, 1.807) is 0 Å². The van der Waals surface area contributed by atoms with Crippen LogP contribution in [-0.2, 0) is 4.84 Å². The maximum Gasteiger partial charge on any atom is 0.451 e. The van der Waals surface area contributed by atoms with Gasteiger partial charge < -0.3 is 0 Å². The van der Waals surface area contributed by atoms with Crippen molar-refractivity contribution in [2.24, 2.45) is 15.7 Å². The number of hydrogen-bond acceptors (Lipinski definition) is 5. The molecule has 1 heterocycles. The zero-order chi connectivity index (χ0) is 12.5. The largest absolute Gasteiger partial charge is 0.451 e. The van der Waals surface area contributed by atoms with Crippen LogP contribution in [0.4, 0.5) is 22.0 Å². The monoisotopic (exact) mass is 266 g/mol. The molecule has 0 aromatic carbocycles. The molecule has 0 amide bonds. The van der Waals surface area contributed by atoms with Gasteiger partial charge in [0.25, 0.3) is 0 Å². The van der Waals surface area contributed by atoms with Gasteiger partial charge in [0.05, 0.1) is 0 Å². The lowest BCUT2D eigenvalue weighted by atomic mass is 10.5. The lowest BCUT2D eigenvalue weighted by molar-refractivity contribution is -0.271. The standard InChI is InChI=1S/C5H4ClF5N4O/c6-2-13-1(5(9,10)11)15(4(12)14-2)16-3(7)8/h3-4H,12H2. The maximum absolute atomic E-state index is 12.3. The molecule has 16 heavy (non-hydrogen) atoms. The second kappa shape index (κ2) is 4.47. The third-order valence-corrected chi connectivity index (χ3v) is 1.51. The number of nitrogens with zero attached hydrogens (tertiary/aromatic N) is 3. The quantitative estimate of drug-likeness (QED) is 0.604. The number of amidine groups is 2. The number of halogens is 6. The van der Waals surface area contributed by atoms with Gasteiger partial charge in [-0.1, -0.05) is 0 Å². The highest BCUT2D eigenvalue weighted by Crippen LogP contribution is 2.25. The summed E-state index contributed by atoms with van der Waals surface area (Å²) in [5.74, 6) is -1.79. The Morgan fingerprint density at radius 3 is 2.44 bits per heavy atom. The van der Waals surface area contributed by atoms with E-state index in [4.69, 9.17) is 17.3 Å². The summed E-state index contributed by atoms with van der Waals surface area (Å²) >= 11 is 5.13. The minimum absolute atomic E-state index is 0.351. The molecule has 1 aliphatic rings. The van der Waals surface area contributed by atoms with E-state index in [0.29, 0.717) is 0 Å². The molecular weight excluding hydrogens is 263 g/mol. The van der Waals surface area contributed by atoms with Crippen molar-refractivity contribution in [3.8, 4) is 0 Å². The summed E-state index contributed by atoms with van der Waals surface area (Å²) in [4.78, 5) is 9.40. The van der Waals surface area contributed by atoms with Crippen LogP contribution in [0.25, 0.3) is 0 Å². The Kier molecular flexibility index (Phi) is 3.65. The predicted molar refractivity (Wildman–Crippen MR) is 43.7 cm³/mol. The van der Waals surface area contributed by atoms with Crippen LogP contribution < -0.4 is 5.73 Å². The molecule has 0 aromatic rings. The molecule has 1 aliphatic heterocycles. The van der Waals surface area contributed by atoms with Gasteiger partial charge >= 0.3 is 12.8 Å². The average Bonchev–Trinajstić information content (AvgIpc) is 2.06.